The summed E-state index contributed by atoms with van der Waals surface area (Å²) in [6.45, 7) is -0.0228. The molecule has 2 aliphatic rings. The molecule has 1 saturated heterocycles. The second-order valence-corrected chi connectivity index (χ2v) is 9.82. The highest BCUT2D eigenvalue weighted by Crippen LogP contribution is 2.41. The van der Waals surface area contributed by atoms with Gasteiger partial charge in [0.15, 0.2) is 5.78 Å². The highest BCUT2D eigenvalue weighted by atomic mass is 19.3. The van der Waals surface area contributed by atoms with Crippen LogP contribution in [-0.2, 0) is 10.3 Å². The van der Waals surface area contributed by atoms with Gasteiger partial charge < -0.3 is 19.3 Å². The fourth-order valence-corrected chi connectivity index (χ4v) is 5.05. The molecule has 0 bridgehead atoms. The first-order valence-electron chi connectivity index (χ1n) is 12.3. The molecule has 7 nitrogen and oxygen atoms in total. The molecule has 0 amide bonds. The topological polar surface area (TPSA) is 82.3 Å². The predicted molar refractivity (Wildman–Crippen MR) is 129 cm³/mol. The lowest BCUT2D eigenvalue weighted by Gasteiger charge is -2.36. The van der Waals surface area contributed by atoms with Crippen LogP contribution in [0.2, 0.25) is 0 Å². The van der Waals surface area contributed by atoms with Gasteiger partial charge >= 0.3 is 6.61 Å². The average molecular weight is 501 g/mol. The van der Waals surface area contributed by atoms with E-state index in [1.807, 2.05) is 19.1 Å². The third kappa shape index (κ3) is 4.82. The summed E-state index contributed by atoms with van der Waals surface area (Å²) in [6, 6.07) is 6.76. The molecule has 1 N–H and O–H groups in total. The average Bonchev–Trinajstić information content (AvgIpc) is 3.58. The first-order valence-corrected chi connectivity index (χ1v) is 12.3. The number of imidazole rings is 1. The first-order chi connectivity index (χ1) is 17.3. The second kappa shape index (κ2) is 9.78. The minimum atomic E-state index is -3.09. The molecule has 1 saturated carbocycles. The largest absolute Gasteiger partial charge is 0.496 e. The lowest BCUT2D eigenvalue weighted by atomic mass is 9.79. The number of fused-ring (bicyclic) bond motifs is 1. The monoisotopic (exact) mass is 500 g/mol. The van der Waals surface area contributed by atoms with E-state index in [0.717, 1.165) is 31.2 Å². The van der Waals surface area contributed by atoms with Gasteiger partial charge in [0, 0.05) is 31.4 Å². The fraction of sp³-hybridized carbons (Fsp3) is 0.481. The fourth-order valence-electron chi connectivity index (χ4n) is 5.05. The van der Waals surface area contributed by atoms with Crippen molar-refractivity contribution in [1.29, 1.82) is 0 Å². The molecule has 36 heavy (non-hydrogen) atoms. The smallest absolute Gasteiger partial charge is 0.387 e. The number of methoxy groups -OCH3 is 1. The van der Waals surface area contributed by atoms with Gasteiger partial charge in [0.25, 0.3) is 0 Å². The van der Waals surface area contributed by atoms with Crippen molar-refractivity contribution in [3.05, 3.63) is 47.8 Å². The van der Waals surface area contributed by atoms with Crippen LogP contribution < -0.4 is 9.47 Å². The minimum Gasteiger partial charge on any atom is -0.496 e. The SMILES string of the molecule is COc1cc(-c2cnc3cc(C(C)(O)C4CCOCC4)ccn23)cc(OC(F)F)c1C(=O)CC1CC1. The van der Waals surface area contributed by atoms with Gasteiger partial charge in [0.05, 0.1) is 24.6 Å². The molecule has 192 valence electrons. The van der Waals surface area contributed by atoms with Gasteiger partial charge in [0.2, 0.25) is 0 Å². The number of halogens is 2. The van der Waals surface area contributed by atoms with Crippen molar-refractivity contribution in [2.24, 2.45) is 11.8 Å². The van der Waals surface area contributed by atoms with E-state index < -0.39 is 12.2 Å². The number of carbonyl (C=O) groups is 1. The Labute approximate surface area is 208 Å². The summed E-state index contributed by atoms with van der Waals surface area (Å²) in [7, 11) is 1.40. The van der Waals surface area contributed by atoms with Crippen molar-refractivity contribution in [2.45, 2.75) is 51.2 Å². The van der Waals surface area contributed by atoms with E-state index in [-0.39, 0.29) is 41.1 Å². The molecule has 0 spiro atoms. The van der Waals surface area contributed by atoms with Crippen molar-refractivity contribution in [3.63, 3.8) is 0 Å². The third-order valence-electron chi connectivity index (χ3n) is 7.36. The number of rotatable bonds is 9. The van der Waals surface area contributed by atoms with Gasteiger partial charge in [-0.05, 0) is 74.3 Å². The Morgan fingerprint density at radius 1 is 1.22 bits per heavy atom. The molecule has 1 unspecified atom stereocenters. The molecule has 0 radical (unpaired) electrons. The van der Waals surface area contributed by atoms with Crippen LogP contribution in [0.4, 0.5) is 8.78 Å². The van der Waals surface area contributed by atoms with Crippen LogP contribution >= 0.6 is 0 Å². The van der Waals surface area contributed by atoms with Gasteiger partial charge in [0.1, 0.15) is 22.7 Å². The van der Waals surface area contributed by atoms with E-state index in [9.17, 15) is 18.7 Å². The minimum absolute atomic E-state index is 0.0389. The third-order valence-corrected chi connectivity index (χ3v) is 7.36. The Hall–Kier alpha value is -3.04. The summed E-state index contributed by atoms with van der Waals surface area (Å²) in [6.07, 6.45) is 7.17. The molecule has 9 heteroatoms. The Morgan fingerprint density at radius 3 is 2.61 bits per heavy atom. The van der Waals surface area contributed by atoms with Crippen molar-refractivity contribution in [1.82, 2.24) is 9.38 Å². The van der Waals surface area contributed by atoms with Crippen LogP contribution in [-0.4, -0.2) is 47.2 Å². The molecular weight excluding hydrogens is 470 g/mol. The van der Waals surface area contributed by atoms with E-state index in [1.165, 1.54) is 13.2 Å². The number of carbonyl (C=O) groups excluding carboxylic acids is 1. The van der Waals surface area contributed by atoms with Crippen molar-refractivity contribution in [2.75, 3.05) is 20.3 Å². The lowest BCUT2D eigenvalue weighted by Crippen LogP contribution is -2.36. The van der Waals surface area contributed by atoms with Crippen LogP contribution in [0.25, 0.3) is 16.9 Å². The molecule has 2 fully saturated rings. The van der Waals surface area contributed by atoms with E-state index >= 15 is 0 Å². The van der Waals surface area contributed by atoms with Crippen LogP contribution in [0, 0.1) is 11.8 Å². The zero-order valence-corrected chi connectivity index (χ0v) is 20.4. The number of pyridine rings is 1. The first kappa shape index (κ1) is 24.6. The summed E-state index contributed by atoms with van der Waals surface area (Å²) in [5.74, 6) is 0.0614. The van der Waals surface area contributed by atoms with Crippen LogP contribution in [0.15, 0.2) is 36.7 Å². The molecule has 2 aromatic heterocycles. The number of ketones is 1. The van der Waals surface area contributed by atoms with E-state index in [0.29, 0.717) is 30.1 Å². The lowest BCUT2D eigenvalue weighted by molar-refractivity contribution is -0.0579. The molecule has 1 atom stereocenters. The highest BCUT2D eigenvalue weighted by Gasteiger charge is 2.35. The van der Waals surface area contributed by atoms with E-state index in [2.05, 4.69) is 4.98 Å². The molecule has 1 aromatic carbocycles. The Kier molecular flexibility index (Phi) is 6.70. The number of ether oxygens (including phenoxy) is 3. The van der Waals surface area contributed by atoms with Crippen LogP contribution in [0.5, 0.6) is 11.5 Å². The zero-order valence-electron chi connectivity index (χ0n) is 20.4. The summed E-state index contributed by atoms with van der Waals surface area (Å²) in [4.78, 5) is 17.4. The zero-order chi connectivity index (χ0) is 25.4. The maximum Gasteiger partial charge on any atom is 0.387 e. The number of hydrogen-bond donors (Lipinski definition) is 1. The Balaban J connectivity index is 1.53. The number of hydrogen-bond acceptors (Lipinski definition) is 6. The highest BCUT2D eigenvalue weighted by molar-refractivity contribution is 6.02. The van der Waals surface area contributed by atoms with Gasteiger partial charge in [-0.1, -0.05) is 0 Å². The van der Waals surface area contributed by atoms with E-state index in [4.69, 9.17) is 14.2 Å². The standard InChI is InChI=1S/C27H30F2N2O5/c1-27(33,18-6-9-35-10-7-18)19-5-8-31-20(15-30-24(31)14-19)17-12-22(34-2)25(21(32)11-16-3-4-16)23(13-17)36-26(28)29/h5,8,12-16,18,26,33H,3-4,6-7,9-11H2,1-2H3. The normalized spacial score (nSPS) is 18.4. The Morgan fingerprint density at radius 2 is 1.94 bits per heavy atom. The van der Waals surface area contributed by atoms with Crippen molar-refractivity contribution < 1.29 is 32.9 Å². The number of nitrogens with zero attached hydrogens (tertiary/aromatic N) is 2. The predicted octanol–water partition coefficient (Wildman–Crippen LogP) is 5.23. The molecule has 5 rings (SSSR count). The molecule has 1 aliphatic carbocycles. The maximum absolute atomic E-state index is 13.3. The van der Waals surface area contributed by atoms with Crippen LogP contribution in [0.1, 0.15) is 54.9 Å². The summed E-state index contributed by atoms with van der Waals surface area (Å²) in [5.41, 5.74) is 1.47. The number of aromatic nitrogens is 2. The molecule has 1 aliphatic heterocycles. The van der Waals surface area contributed by atoms with Crippen molar-refractivity contribution in [3.8, 4) is 22.8 Å². The van der Waals surface area contributed by atoms with Gasteiger partial charge in [-0.2, -0.15) is 8.78 Å². The number of Topliss-reactive ketones (excluding diaryl/α,β-unsaturated/α-hetero) is 1. The summed E-state index contributed by atoms with van der Waals surface area (Å²) >= 11 is 0. The molecular formula is C27H30F2N2O5. The molecule has 3 heterocycles. The second-order valence-electron chi connectivity index (χ2n) is 9.82. The number of alkyl halides is 2. The van der Waals surface area contributed by atoms with Gasteiger partial charge in [-0.15, -0.1) is 0 Å². The van der Waals surface area contributed by atoms with Gasteiger partial charge in [-0.3, -0.25) is 9.20 Å². The maximum atomic E-state index is 13.3. The van der Waals surface area contributed by atoms with Crippen molar-refractivity contribution >= 4 is 11.4 Å². The quantitative estimate of drug-likeness (QED) is 0.405. The summed E-state index contributed by atoms with van der Waals surface area (Å²) in [5, 5.41) is 11.3. The molecule has 3 aromatic rings. The van der Waals surface area contributed by atoms with Gasteiger partial charge in [-0.25, -0.2) is 4.98 Å². The number of benzene rings is 1. The summed E-state index contributed by atoms with van der Waals surface area (Å²) < 4.78 is 44.1. The van der Waals surface area contributed by atoms with Crippen LogP contribution in [0.3, 0.4) is 0 Å². The van der Waals surface area contributed by atoms with E-state index in [1.54, 1.807) is 22.9 Å². The Bertz CT molecular complexity index is 1260. The number of aliphatic hydroxyl groups is 1.